The van der Waals surface area contributed by atoms with Crippen LogP contribution in [-0.4, -0.2) is 16.8 Å². The second kappa shape index (κ2) is 5.34. The summed E-state index contributed by atoms with van der Waals surface area (Å²) in [6, 6.07) is 10.9. The van der Waals surface area contributed by atoms with Crippen molar-refractivity contribution in [3.63, 3.8) is 0 Å². The lowest BCUT2D eigenvalue weighted by atomic mass is 9.95. The minimum absolute atomic E-state index is 0.315. The highest BCUT2D eigenvalue weighted by atomic mass is 32.1. The van der Waals surface area contributed by atoms with Gasteiger partial charge in [-0.1, -0.05) is 24.3 Å². The van der Waals surface area contributed by atoms with Gasteiger partial charge in [0.05, 0.1) is 0 Å². The second-order valence-corrected chi connectivity index (χ2v) is 5.29. The summed E-state index contributed by atoms with van der Waals surface area (Å²) in [6.07, 6.45) is 1.68. The van der Waals surface area contributed by atoms with E-state index in [9.17, 15) is 9.59 Å². The largest absolute Gasteiger partial charge is 0.375 e. The van der Waals surface area contributed by atoms with Crippen LogP contribution in [0.25, 0.3) is 10.8 Å². The minimum Gasteiger partial charge on any atom is -0.375 e. The summed E-state index contributed by atoms with van der Waals surface area (Å²) >= 11 is 1.44. The number of nitrogen functional groups attached to an aromatic ring is 1. The molecule has 0 atom stereocenters. The van der Waals surface area contributed by atoms with Gasteiger partial charge in [-0.15, -0.1) is 11.3 Å². The third kappa shape index (κ3) is 2.48. The van der Waals surface area contributed by atoms with Gasteiger partial charge >= 0.3 is 0 Å². The van der Waals surface area contributed by atoms with Crippen molar-refractivity contribution >= 4 is 39.1 Å². The van der Waals surface area contributed by atoms with Gasteiger partial charge in [-0.25, -0.2) is 4.98 Å². The molecule has 1 aromatic heterocycles. The van der Waals surface area contributed by atoms with E-state index in [1.165, 1.54) is 11.3 Å². The predicted molar refractivity (Wildman–Crippen MR) is 82.3 cm³/mol. The summed E-state index contributed by atoms with van der Waals surface area (Å²) in [4.78, 5) is 26.8. The van der Waals surface area contributed by atoms with Gasteiger partial charge in [0, 0.05) is 28.1 Å². The van der Waals surface area contributed by atoms with Crippen LogP contribution in [0, 0.1) is 0 Å². The van der Waals surface area contributed by atoms with E-state index in [-0.39, 0.29) is 11.8 Å². The maximum atomic E-state index is 11.6. The van der Waals surface area contributed by atoms with Gasteiger partial charge in [-0.2, -0.15) is 0 Å². The van der Waals surface area contributed by atoms with Gasteiger partial charge in [-0.3, -0.25) is 14.9 Å². The zero-order valence-electron chi connectivity index (χ0n) is 10.9. The summed E-state index contributed by atoms with van der Waals surface area (Å²) in [5, 5.41) is 6.48. The van der Waals surface area contributed by atoms with Crippen LogP contribution in [0.4, 0.5) is 5.13 Å². The zero-order chi connectivity index (χ0) is 14.8. The molecule has 0 aliphatic carbocycles. The van der Waals surface area contributed by atoms with E-state index in [2.05, 4.69) is 10.3 Å². The molecule has 0 unspecified atom stereocenters. The van der Waals surface area contributed by atoms with Gasteiger partial charge in [-0.05, 0) is 17.5 Å². The summed E-state index contributed by atoms with van der Waals surface area (Å²) < 4.78 is 0. The molecule has 3 N–H and O–H groups in total. The smallest absolute Gasteiger partial charge is 0.258 e. The van der Waals surface area contributed by atoms with E-state index < -0.39 is 0 Å². The molecule has 4 rings (SSSR count). The fourth-order valence-electron chi connectivity index (χ4n) is 2.19. The summed E-state index contributed by atoms with van der Waals surface area (Å²) in [5.74, 6) is -0.631. The van der Waals surface area contributed by atoms with Crippen molar-refractivity contribution in [1.82, 2.24) is 10.3 Å². The first-order valence-electron chi connectivity index (χ1n) is 6.19. The van der Waals surface area contributed by atoms with Crippen LogP contribution < -0.4 is 11.1 Å². The Morgan fingerprint density at radius 3 is 2.05 bits per heavy atom. The lowest BCUT2D eigenvalue weighted by Crippen LogP contribution is -2.34. The molecule has 6 heteroatoms. The number of carbonyl (C=O) groups is 2. The lowest BCUT2D eigenvalue weighted by molar-refractivity contribution is 0.0845. The van der Waals surface area contributed by atoms with Crippen molar-refractivity contribution in [1.29, 1.82) is 0 Å². The third-order valence-corrected chi connectivity index (χ3v) is 3.68. The average Bonchev–Trinajstić information content (AvgIpc) is 2.96. The molecule has 0 spiro atoms. The third-order valence-electron chi connectivity index (χ3n) is 3.07. The number of rotatable bonds is 0. The molecule has 2 aromatic carbocycles. The number of benzene rings is 2. The molecule has 0 saturated carbocycles. The summed E-state index contributed by atoms with van der Waals surface area (Å²) in [5.41, 5.74) is 6.33. The first-order chi connectivity index (χ1) is 10.2. The number of hydrogen-bond acceptors (Lipinski definition) is 5. The van der Waals surface area contributed by atoms with Crippen LogP contribution in [0.3, 0.4) is 0 Å². The highest BCUT2D eigenvalue weighted by Gasteiger charge is 2.23. The van der Waals surface area contributed by atoms with E-state index >= 15 is 0 Å². The Hall–Kier alpha value is -2.73. The maximum Gasteiger partial charge on any atom is 0.258 e. The molecular weight excluding hydrogens is 286 g/mol. The van der Waals surface area contributed by atoms with Crippen molar-refractivity contribution in [2.75, 3.05) is 5.73 Å². The monoisotopic (exact) mass is 297 g/mol. The standard InChI is InChI=1S/C12H7NO2.C3H4N2S/c14-11-8-5-1-3-7-4-2-6-9(10(7)8)12(15)13-11;4-3-5-1-2-6-3/h1-6H,(H,13,14,15);1-2H,(H2,4,5). The molecule has 1 aliphatic rings. The van der Waals surface area contributed by atoms with Gasteiger partial charge < -0.3 is 5.73 Å². The van der Waals surface area contributed by atoms with Crippen LogP contribution >= 0.6 is 11.3 Å². The molecule has 3 aromatic rings. The first-order valence-corrected chi connectivity index (χ1v) is 7.07. The Bertz CT molecular complexity index is 779. The number of anilines is 1. The number of carbonyl (C=O) groups excluding carboxylic acids is 2. The fourth-order valence-corrected chi connectivity index (χ4v) is 2.57. The number of aromatic nitrogens is 1. The number of nitrogens with two attached hydrogens (primary N) is 1. The van der Waals surface area contributed by atoms with E-state index in [4.69, 9.17) is 5.73 Å². The van der Waals surface area contributed by atoms with Crippen molar-refractivity contribution in [2.24, 2.45) is 0 Å². The molecule has 2 heterocycles. The van der Waals surface area contributed by atoms with Crippen molar-refractivity contribution < 1.29 is 9.59 Å². The molecule has 1 aliphatic heterocycles. The molecule has 0 bridgehead atoms. The summed E-state index contributed by atoms with van der Waals surface area (Å²) in [6.45, 7) is 0. The van der Waals surface area contributed by atoms with Crippen LogP contribution in [0.5, 0.6) is 0 Å². The molecule has 5 nitrogen and oxygen atoms in total. The normalized spacial score (nSPS) is 12.6. The number of nitrogens with zero attached hydrogens (tertiary/aromatic N) is 1. The Morgan fingerprint density at radius 1 is 1.00 bits per heavy atom. The predicted octanol–water partition coefficient (Wildman–Crippen LogP) is 2.45. The zero-order valence-corrected chi connectivity index (χ0v) is 11.7. The van der Waals surface area contributed by atoms with Gasteiger partial charge in [0.2, 0.25) is 0 Å². The topological polar surface area (TPSA) is 85.1 Å². The fraction of sp³-hybridized carbons (Fsp3) is 0. The number of nitrogens with one attached hydrogen (secondary N) is 1. The Labute approximate surface area is 124 Å². The quantitative estimate of drug-likeness (QED) is 0.624. The lowest BCUT2D eigenvalue weighted by Gasteiger charge is -2.15. The second-order valence-electron chi connectivity index (χ2n) is 4.36. The molecule has 2 amide bonds. The Kier molecular flexibility index (Phi) is 3.37. The number of thiazole rings is 1. The van der Waals surface area contributed by atoms with E-state index in [1.54, 1.807) is 18.3 Å². The molecule has 21 heavy (non-hydrogen) atoms. The Balaban J connectivity index is 0.000000186. The van der Waals surface area contributed by atoms with Crippen molar-refractivity contribution in [2.45, 2.75) is 0 Å². The molecular formula is C15H11N3O2S. The van der Waals surface area contributed by atoms with Crippen molar-refractivity contribution in [3.05, 3.63) is 59.1 Å². The molecule has 0 radical (unpaired) electrons. The minimum atomic E-state index is -0.315. The molecule has 104 valence electrons. The number of amides is 2. The SMILES string of the molecule is Nc1nccs1.O=C1NC(=O)c2cccc3cccc1c23. The number of imide groups is 1. The van der Waals surface area contributed by atoms with Crippen LogP contribution in [0.2, 0.25) is 0 Å². The van der Waals surface area contributed by atoms with Crippen LogP contribution in [0.15, 0.2) is 48.0 Å². The molecule has 0 fully saturated rings. The highest BCUT2D eigenvalue weighted by molar-refractivity contribution is 7.13. The maximum absolute atomic E-state index is 11.6. The van der Waals surface area contributed by atoms with Crippen LogP contribution in [-0.2, 0) is 0 Å². The van der Waals surface area contributed by atoms with Crippen molar-refractivity contribution in [3.8, 4) is 0 Å². The van der Waals surface area contributed by atoms with E-state index in [1.807, 2.05) is 29.6 Å². The Morgan fingerprint density at radius 2 is 1.62 bits per heavy atom. The van der Waals surface area contributed by atoms with Crippen LogP contribution in [0.1, 0.15) is 20.7 Å². The number of hydrogen-bond donors (Lipinski definition) is 2. The van der Waals surface area contributed by atoms with E-state index in [0.717, 1.165) is 10.8 Å². The van der Waals surface area contributed by atoms with Gasteiger partial charge in [0.15, 0.2) is 5.13 Å². The van der Waals surface area contributed by atoms with Gasteiger partial charge in [0.25, 0.3) is 11.8 Å². The molecule has 0 saturated heterocycles. The van der Waals surface area contributed by atoms with Gasteiger partial charge in [0.1, 0.15) is 0 Å². The highest BCUT2D eigenvalue weighted by Crippen LogP contribution is 2.25. The summed E-state index contributed by atoms with van der Waals surface area (Å²) in [7, 11) is 0. The average molecular weight is 297 g/mol. The van der Waals surface area contributed by atoms with E-state index in [0.29, 0.717) is 16.3 Å². The first kappa shape index (κ1) is 13.3.